The van der Waals surface area contributed by atoms with E-state index in [-0.39, 0.29) is 11.8 Å². The predicted molar refractivity (Wildman–Crippen MR) is 126 cm³/mol. The van der Waals surface area contributed by atoms with E-state index in [1.165, 1.54) is 5.56 Å². The lowest BCUT2D eigenvalue weighted by molar-refractivity contribution is -0.130. The van der Waals surface area contributed by atoms with Crippen LogP contribution in [0.2, 0.25) is 0 Å². The zero-order valence-electron chi connectivity index (χ0n) is 18.8. The number of fused-ring (bicyclic) bond motifs is 1. The number of likely N-dealkylation sites (tertiary alicyclic amines) is 1. The van der Waals surface area contributed by atoms with Crippen molar-refractivity contribution in [3.8, 4) is 5.75 Å². The molecular formula is C26H31N3O3. The molecule has 1 aromatic heterocycles. The average molecular weight is 434 g/mol. The average Bonchev–Trinajstić information content (AvgIpc) is 3.22. The van der Waals surface area contributed by atoms with Gasteiger partial charge < -0.3 is 19.9 Å². The van der Waals surface area contributed by atoms with E-state index in [1.807, 2.05) is 41.4 Å². The molecule has 0 radical (unpaired) electrons. The summed E-state index contributed by atoms with van der Waals surface area (Å²) in [5.74, 6) is 1.54. The van der Waals surface area contributed by atoms with Crippen LogP contribution in [0.1, 0.15) is 41.3 Å². The maximum absolute atomic E-state index is 12.6. The van der Waals surface area contributed by atoms with Gasteiger partial charge in [0.2, 0.25) is 5.91 Å². The van der Waals surface area contributed by atoms with E-state index in [4.69, 9.17) is 4.74 Å². The Hall–Kier alpha value is -3.28. The summed E-state index contributed by atoms with van der Waals surface area (Å²) >= 11 is 0. The fraction of sp³-hybridized carbons (Fsp3) is 0.385. The highest BCUT2D eigenvalue weighted by Crippen LogP contribution is 2.24. The van der Waals surface area contributed by atoms with Crippen LogP contribution in [0.3, 0.4) is 0 Å². The van der Waals surface area contributed by atoms with Crippen molar-refractivity contribution in [3.05, 3.63) is 65.4 Å². The van der Waals surface area contributed by atoms with E-state index < -0.39 is 0 Å². The quantitative estimate of drug-likeness (QED) is 0.593. The zero-order chi connectivity index (χ0) is 22.5. The summed E-state index contributed by atoms with van der Waals surface area (Å²) in [5, 5.41) is 4.15. The third-order valence-electron chi connectivity index (χ3n) is 6.45. The minimum absolute atomic E-state index is 0.0521. The molecule has 1 aliphatic heterocycles. The number of aromatic amines is 1. The Morgan fingerprint density at radius 1 is 1.12 bits per heavy atom. The number of methoxy groups -OCH3 is 1. The van der Waals surface area contributed by atoms with Crippen LogP contribution in [0.5, 0.6) is 5.75 Å². The number of ether oxygens (including phenoxy) is 1. The molecule has 2 N–H and O–H groups in total. The van der Waals surface area contributed by atoms with Crippen molar-refractivity contribution in [2.45, 2.75) is 32.6 Å². The summed E-state index contributed by atoms with van der Waals surface area (Å²) in [4.78, 5) is 29.2. The van der Waals surface area contributed by atoms with Gasteiger partial charge in [-0.05, 0) is 73.1 Å². The van der Waals surface area contributed by atoms with Crippen LogP contribution in [0.4, 0.5) is 0 Å². The maximum Gasteiger partial charge on any atom is 0.251 e. The highest BCUT2D eigenvalue weighted by molar-refractivity contribution is 5.94. The topological polar surface area (TPSA) is 74.4 Å². The summed E-state index contributed by atoms with van der Waals surface area (Å²) in [5.41, 5.74) is 4.15. The third-order valence-corrected chi connectivity index (χ3v) is 6.45. The van der Waals surface area contributed by atoms with Gasteiger partial charge in [-0.1, -0.05) is 12.1 Å². The minimum atomic E-state index is -0.0521. The van der Waals surface area contributed by atoms with Crippen LogP contribution in [0.15, 0.2) is 48.7 Å². The van der Waals surface area contributed by atoms with Gasteiger partial charge in [0.15, 0.2) is 0 Å². The number of hydrogen-bond acceptors (Lipinski definition) is 3. The van der Waals surface area contributed by atoms with E-state index in [9.17, 15) is 9.59 Å². The zero-order valence-corrected chi connectivity index (χ0v) is 18.8. The smallest absolute Gasteiger partial charge is 0.251 e. The number of amides is 2. The number of benzene rings is 2. The number of nitrogens with zero attached hydrogens (tertiary/aromatic N) is 1. The lowest BCUT2D eigenvalue weighted by atomic mass is 9.90. The molecule has 0 atom stereocenters. The molecule has 2 amide bonds. The molecule has 168 valence electrons. The van der Waals surface area contributed by atoms with Gasteiger partial charge in [-0.15, -0.1) is 0 Å². The van der Waals surface area contributed by atoms with Crippen molar-refractivity contribution in [2.75, 3.05) is 26.7 Å². The molecule has 0 aliphatic carbocycles. The molecule has 6 nitrogen and oxygen atoms in total. The largest absolute Gasteiger partial charge is 0.497 e. The molecule has 0 spiro atoms. The minimum Gasteiger partial charge on any atom is -0.497 e. The number of carbonyl (C=O) groups excluding carboxylic acids is 2. The SMILES string of the molecule is COc1ccc2[nH]cc(CCNC(=O)c3ccc(CC4CCN(C(C)=O)CC4)cc3)c2c1. The number of hydrogen-bond donors (Lipinski definition) is 2. The molecule has 1 fully saturated rings. The van der Waals surface area contributed by atoms with Gasteiger partial charge in [0.25, 0.3) is 5.91 Å². The van der Waals surface area contributed by atoms with Gasteiger partial charge >= 0.3 is 0 Å². The molecule has 4 rings (SSSR count). The second-order valence-corrected chi connectivity index (χ2v) is 8.58. The predicted octanol–water partition coefficient (Wildman–Crippen LogP) is 3.95. The summed E-state index contributed by atoms with van der Waals surface area (Å²) < 4.78 is 5.32. The Morgan fingerprint density at radius 3 is 2.56 bits per heavy atom. The number of aromatic nitrogens is 1. The summed E-state index contributed by atoms with van der Waals surface area (Å²) in [6.07, 6.45) is 5.82. The van der Waals surface area contributed by atoms with Crippen LogP contribution >= 0.6 is 0 Å². The van der Waals surface area contributed by atoms with Crippen LogP contribution in [0, 0.1) is 5.92 Å². The van der Waals surface area contributed by atoms with Crippen LogP contribution < -0.4 is 10.1 Å². The monoisotopic (exact) mass is 433 g/mol. The second-order valence-electron chi connectivity index (χ2n) is 8.58. The summed E-state index contributed by atoms with van der Waals surface area (Å²) in [6.45, 7) is 3.91. The van der Waals surface area contributed by atoms with Crippen molar-refractivity contribution < 1.29 is 14.3 Å². The number of H-pyrrole nitrogens is 1. The summed E-state index contributed by atoms with van der Waals surface area (Å²) in [7, 11) is 1.66. The van der Waals surface area contributed by atoms with E-state index in [0.29, 0.717) is 18.0 Å². The lowest BCUT2D eigenvalue weighted by Crippen LogP contribution is -2.37. The molecule has 2 aromatic carbocycles. The van der Waals surface area contributed by atoms with Crippen LogP contribution in [0.25, 0.3) is 10.9 Å². The number of nitrogens with one attached hydrogen (secondary N) is 2. The van der Waals surface area contributed by atoms with Gasteiger partial charge in [-0.25, -0.2) is 0 Å². The fourth-order valence-electron chi connectivity index (χ4n) is 4.48. The Kier molecular flexibility index (Phi) is 6.78. The van der Waals surface area contributed by atoms with E-state index in [1.54, 1.807) is 14.0 Å². The molecule has 0 bridgehead atoms. The first-order valence-electron chi connectivity index (χ1n) is 11.3. The molecule has 1 aliphatic rings. The normalized spacial score (nSPS) is 14.5. The molecule has 1 saturated heterocycles. The first kappa shape index (κ1) is 21.9. The number of carbonyl (C=O) groups is 2. The van der Waals surface area contributed by atoms with Crippen molar-refractivity contribution in [1.29, 1.82) is 0 Å². The molecule has 2 heterocycles. The van der Waals surface area contributed by atoms with E-state index in [0.717, 1.165) is 61.0 Å². The molecule has 6 heteroatoms. The highest BCUT2D eigenvalue weighted by Gasteiger charge is 2.20. The van der Waals surface area contributed by atoms with Crippen molar-refractivity contribution >= 4 is 22.7 Å². The van der Waals surface area contributed by atoms with Crippen LogP contribution in [-0.2, 0) is 17.6 Å². The number of piperidine rings is 1. The highest BCUT2D eigenvalue weighted by atomic mass is 16.5. The van der Waals surface area contributed by atoms with Gasteiger partial charge in [-0.3, -0.25) is 9.59 Å². The fourth-order valence-corrected chi connectivity index (χ4v) is 4.48. The molecular weight excluding hydrogens is 402 g/mol. The van der Waals surface area contributed by atoms with E-state index in [2.05, 4.69) is 22.4 Å². The standard InChI is InChI=1S/C26H31N3O3/c1-18(30)29-13-10-20(11-14-29)15-19-3-5-21(6-4-19)26(31)27-12-9-22-17-28-25-8-7-23(32-2)16-24(22)25/h3-8,16-17,20,28H,9-15H2,1-2H3,(H,27,31). The lowest BCUT2D eigenvalue weighted by Gasteiger charge is -2.31. The Labute approximate surface area is 188 Å². The molecule has 0 unspecified atom stereocenters. The number of rotatable bonds is 7. The first-order valence-corrected chi connectivity index (χ1v) is 11.3. The maximum atomic E-state index is 12.6. The Morgan fingerprint density at radius 2 is 1.88 bits per heavy atom. The Bertz CT molecular complexity index is 1080. The Balaban J connectivity index is 1.27. The molecule has 3 aromatic rings. The van der Waals surface area contributed by atoms with Crippen molar-refractivity contribution in [1.82, 2.24) is 15.2 Å². The van der Waals surface area contributed by atoms with Gasteiger partial charge in [0.05, 0.1) is 7.11 Å². The van der Waals surface area contributed by atoms with Gasteiger partial charge in [0, 0.05) is 49.2 Å². The van der Waals surface area contributed by atoms with Crippen LogP contribution in [-0.4, -0.2) is 48.4 Å². The van der Waals surface area contributed by atoms with E-state index >= 15 is 0 Å². The first-order chi connectivity index (χ1) is 15.5. The van der Waals surface area contributed by atoms with Gasteiger partial charge in [-0.2, -0.15) is 0 Å². The second kappa shape index (κ2) is 9.90. The van der Waals surface area contributed by atoms with Crippen molar-refractivity contribution in [2.24, 2.45) is 5.92 Å². The van der Waals surface area contributed by atoms with Gasteiger partial charge in [0.1, 0.15) is 5.75 Å². The molecule has 0 saturated carbocycles. The third kappa shape index (κ3) is 5.13. The summed E-state index contributed by atoms with van der Waals surface area (Å²) in [6, 6.07) is 13.9. The molecule has 32 heavy (non-hydrogen) atoms. The van der Waals surface area contributed by atoms with Crippen molar-refractivity contribution in [3.63, 3.8) is 0 Å².